The van der Waals surface area contributed by atoms with Crippen molar-refractivity contribution in [3.05, 3.63) is 152 Å². The minimum absolute atomic E-state index is 0.167. The fraction of sp³-hybridized carbons (Fsp3) is 0. The van der Waals surface area contributed by atoms with Crippen molar-refractivity contribution in [2.24, 2.45) is 0 Å². The lowest BCUT2D eigenvalue weighted by atomic mass is 9.99. The number of hydrogen-bond acceptors (Lipinski definition) is 3. The molecule has 0 unspecified atom stereocenters. The summed E-state index contributed by atoms with van der Waals surface area (Å²) in [6, 6.07) is 38.6. The van der Waals surface area contributed by atoms with Crippen LogP contribution in [0.3, 0.4) is 0 Å². The molecule has 8 rings (SSSR count). The molecule has 42 heavy (non-hydrogen) atoms. The zero-order chi connectivity index (χ0) is 32.2. The molecule has 0 atom stereocenters. The largest absolute Gasteiger partial charge is 0.208 e. The molecule has 0 fully saturated rings. The summed E-state index contributed by atoms with van der Waals surface area (Å²) in [5.74, 6) is 1.61. The SMILES string of the molecule is [2H]c1c([2H])c([2H])c(-c2ccc3ccc(-c4nc(-c5ccc6ccccc6c5)nc(-c5ccc6ccccc6c5)n4)cc3c2)c([2H])c1[2H]. The van der Waals surface area contributed by atoms with Gasteiger partial charge < -0.3 is 0 Å². The number of benzene rings is 7. The van der Waals surface area contributed by atoms with E-state index >= 15 is 0 Å². The van der Waals surface area contributed by atoms with Crippen molar-refractivity contribution >= 4 is 32.3 Å². The maximum atomic E-state index is 8.47. The molecule has 1 heterocycles. The first-order valence-corrected chi connectivity index (χ1v) is 13.7. The van der Waals surface area contributed by atoms with E-state index in [0.29, 0.717) is 23.0 Å². The number of fused-ring (bicyclic) bond motifs is 3. The standard InChI is InChI=1S/C39H25N3/c1-2-8-26(9-3-1)32-18-14-29-17-21-35(25-36(29)24-32)39-41-37(33-19-15-27-10-4-6-12-30(27)22-33)40-38(42-39)34-20-16-28-11-5-7-13-31(28)23-34/h1-25H/i1D,2D,3D,8D,9D. The van der Waals surface area contributed by atoms with E-state index in [1.54, 1.807) is 6.07 Å². The summed E-state index contributed by atoms with van der Waals surface area (Å²) in [6.07, 6.45) is 0. The van der Waals surface area contributed by atoms with Crippen LogP contribution >= 0.6 is 0 Å². The van der Waals surface area contributed by atoms with Crippen LogP contribution in [0.4, 0.5) is 0 Å². The molecule has 0 aliphatic carbocycles. The third-order valence-electron chi connectivity index (χ3n) is 7.54. The van der Waals surface area contributed by atoms with Crippen LogP contribution in [0, 0.1) is 0 Å². The Hall–Kier alpha value is -5.67. The molecule has 0 saturated carbocycles. The van der Waals surface area contributed by atoms with Gasteiger partial charge in [0.15, 0.2) is 17.5 Å². The molecule has 0 spiro atoms. The quantitative estimate of drug-likeness (QED) is 0.223. The lowest BCUT2D eigenvalue weighted by Gasteiger charge is -2.11. The zero-order valence-electron chi connectivity index (χ0n) is 27.4. The van der Waals surface area contributed by atoms with Gasteiger partial charge in [0, 0.05) is 16.7 Å². The highest BCUT2D eigenvalue weighted by molar-refractivity contribution is 5.91. The fourth-order valence-corrected chi connectivity index (χ4v) is 5.36. The Morgan fingerprint density at radius 1 is 0.333 bits per heavy atom. The van der Waals surface area contributed by atoms with Crippen LogP contribution < -0.4 is 0 Å². The minimum Gasteiger partial charge on any atom is -0.208 e. The van der Waals surface area contributed by atoms with Crippen molar-refractivity contribution in [3.8, 4) is 45.3 Å². The van der Waals surface area contributed by atoms with Crippen LogP contribution in [0.2, 0.25) is 0 Å². The molecule has 8 aromatic rings. The lowest BCUT2D eigenvalue weighted by molar-refractivity contribution is 1.08. The fourth-order valence-electron chi connectivity index (χ4n) is 5.36. The number of aromatic nitrogens is 3. The Morgan fingerprint density at radius 3 is 1.21 bits per heavy atom. The zero-order valence-corrected chi connectivity index (χ0v) is 22.4. The topological polar surface area (TPSA) is 38.7 Å². The van der Waals surface area contributed by atoms with Crippen LogP contribution in [0.25, 0.3) is 77.6 Å². The van der Waals surface area contributed by atoms with E-state index < -0.39 is 6.04 Å². The molecule has 0 aliphatic rings. The van der Waals surface area contributed by atoms with Gasteiger partial charge in [-0.05, 0) is 67.7 Å². The van der Waals surface area contributed by atoms with Gasteiger partial charge in [-0.15, -0.1) is 0 Å². The third-order valence-corrected chi connectivity index (χ3v) is 7.54. The van der Waals surface area contributed by atoms with Crippen molar-refractivity contribution in [3.63, 3.8) is 0 Å². The molecule has 0 radical (unpaired) electrons. The van der Waals surface area contributed by atoms with Crippen molar-refractivity contribution in [2.75, 3.05) is 0 Å². The van der Waals surface area contributed by atoms with Gasteiger partial charge in [-0.1, -0.05) is 127 Å². The minimum atomic E-state index is -0.411. The van der Waals surface area contributed by atoms with Crippen LogP contribution in [-0.2, 0) is 0 Å². The predicted octanol–water partition coefficient (Wildman–Crippen LogP) is 10.00. The molecule has 0 amide bonds. The second-order valence-electron chi connectivity index (χ2n) is 10.2. The Balaban J connectivity index is 1.31. The van der Waals surface area contributed by atoms with E-state index in [2.05, 4.69) is 48.5 Å². The molecule has 3 heteroatoms. The van der Waals surface area contributed by atoms with Gasteiger partial charge >= 0.3 is 0 Å². The smallest absolute Gasteiger partial charge is 0.164 e. The van der Waals surface area contributed by atoms with Crippen LogP contribution in [0.1, 0.15) is 6.85 Å². The molecule has 3 nitrogen and oxygen atoms in total. The second-order valence-corrected chi connectivity index (χ2v) is 10.2. The van der Waals surface area contributed by atoms with Gasteiger partial charge in [0.25, 0.3) is 0 Å². The van der Waals surface area contributed by atoms with Crippen molar-refractivity contribution in [2.45, 2.75) is 0 Å². The summed E-state index contributed by atoms with van der Waals surface area (Å²) in [7, 11) is 0. The maximum absolute atomic E-state index is 8.47. The molecule has 7 aromatic carbocycles. The summed E-state index contributed by atoms with van der Waals surface area (Å²) < 4.78 is 41.2. The van der Waals surface area contributed by atoms with Gasteiger partial charge in [0.05, 0.1) is 6.85 Å². The van der Waals surface area contributed by atoms with E-state index in [4.69, 9.17) is 21.8 Å². The number of hydrogen-bond donors (Lipinski definition) is 0. The molecule has 1 aromatic heterocycles. The number of rotatable bonds is 4. The Bertz CT molecular complexity index is 2420. The Morgan fingerprint density at radius 2 is 0.714 bits per heavy atom. The highest BCUT2D eigenvalue weighted by Gasteiger charge is 2.14. The molecular weight excluding hydrogens is 510 g/mol. The second kappa shape index (κ2) is 10.1. The van der Waals surface area contributed by atoms with Crippen LogP contribution in [0.5, 0.6) is 0 Å². The van der Waals surface area contributed by atoms with E-state index in [1.807, 2.05) is 66.7 Å². The first kappa shape index (κ1) is 19.4. The highest BCUT2D eigenvalue weighted by atomic mass is 15.0. The highest BCUT2D eigenvalue weighted by Crippen LogP contribution is 2.31. The summed E-state index contributed by atoms with van der Waals surface area (Å²) in [5, 5.41) is 6.19. The van der Waals surface area contributed by atoms with E-state index in [1.165, 1.54) is 0 Å². The van der Waals surface area contributed by atoms with Crippen LogP contribution in [-0.4, -0.2) is 15.0 Å². The Labute approximate surface area is 250 Å². The maximum Gasteiger partial charge on any atom is 0.164 e. The molecule has 0 aliphatic heterocycles. The molecular formula is C39H25N3. The van der Waals surface area contributed by atoms with Crippen molar-refractivity contribution in [1.29, 1.82) is 0 Å². The average Bonchev–Trinajstić information content (AvgIpc) is 3.12. The molecule has 196 valence electrons. The summed E-state index contributed by atoms with van der Waals surface area (Å²) >= 11 is 0. The van der Waals surface area contributed by atoms with E-state index in [-0.39, 0.29) is 29.7 Å². The van der Waals surface area contributed by atoms with Gasteiger partial charge in [0.1, 0.15) is 0 Å². The van der Waals surface area contributed by atoms with E-state index in [9.17, 15) is 0 Å². The van der Waals surface area contributed by atoms with Crippen molar-refractivity contribution < 1.29 is 6.85 Å². The monoisotopic (exact) mass is 540 g/mol. The summed E-state index contributed by atoms with van der Waals surface area (Å²) in [4.78, 5) is 14.9. The Kier molecular flexibility index (Phi) is 4.65. The molecule has 0 bridgehead atoms. The van der Waals surface area contributed by atoms with Crippen LogP contribution in [0.15, 0.2) is 152 Å². The average molecular weight is 541 g/mol. The number of nitrogens with zero attached hydrogens (tertiary/aromatic N) is 3. The molecule has 0 N–H and O–H groups in total. The van der Waals surface area contributed by atoms with Crippen molar-refractivity contribution in [1.82, 2.24) is 15.0 Å². The lowest BCUT2D eigenvalue weighted by Crippen LogP contribution is -2.00. The predicted molar refractivity (Wildman–Crippen MR) is 174 cm³/mol. The van der Waals surface area contributed by atoms with E-state index in [0.717, 1.165) is 49.0 Å². The summed E-state index contributed by atoms with van der Waals surface area (Å²) in [5.41, 5.74) is 3.22. The molecule has 0 saturated heterocycles. The van der Waals surface area contributed by atoms with Gasteiger partial charge in [-0.2, -0.15) is 0 Å². The first-order chi connectivity index (χ1) is 22.8. The summed E-state index contributed by atoms with van der Waals surface area (Å²) in [6.45, 7) is 0. The third kappa shape index (κ3) is 4.47. The van der Waals surface area contributed by atoms with Gasteiger partial charge in [-0.3, -0.25) is 0 Å². The normalized spacial score (nSPS) is 13.0. The first-order valence-electron chi connectivity index (χ1n) is 16.2. The van der Waals surface area contributed by atoms with Gasteiger partial charge in [-0.25, -0.2) is 15.0 Å². The van der Waals surface area contributed by atoms with Gasteiger partial charge in [0.2, 0.25) is 0 Å².